The van der Waals surface area contributed by atoms with E-state index < -0.39 is 0 Å². The van der Waals surface area contributed by atoms with Crippen LogP contribution in [0.25, 0.3) is 0 Å². The van der Waals surface area contributed by atoms with Gasteiger partial charge >= 0.3 is 0 Å². The number of halogens is 3. The van der Waals surface area contributed by atoms with Crippen molar-refractivity contribution in [2.24, 2.45) is 0 Å². The van der Waals surface area contributed by atoms with Gasteiger partial charge in [0.1, 0.15) is 16.5 Å². The van der Waals surface area contributed by atoms with Gasteiger partial charge in [-0.25, -0.2) is 4.98 Å². The summed E-state index contributed by atoms with van der Waals surface area (Å²) in [7, 11) is 1.58. The summed E-state index contributed by atoms with van der Waals surface area (Å²) in [6.07, 6.45) is 1.51. The summed E-state index contributed by atoms with van der Waals surface area (Å²) in [5.41, 5.74) is 0.623. The number of methoxy groups -OCH3 is 1. The lowest BCUT2D eigenvalue weighted by molar-refractivity contribution is 0.281. The molecule has 0 aliphatic carbocycles. The van der Waals surface area contributed by atoms with Gasteiger partial charge in [-0.3, -0.25) is 0 Å². The van der Waals surface area contributed by atoms with Crippen molar-refractivity contribution >= 4 is 43.5 Å². The van der Waals surface area contributed by atoms with Crippen molar-refractivity contribution in [2.45, 2.75) is 6.61 Å². The van der Waals surface area contributed by atoms with E-state index in [4.69, 9.17) is 26.2 Å². The molecule has 0 aliphatic rings. The Labute approximate surface area is 137 Å². The number of aliphatic hydroxyl groups excluding tert-OH is 1. The molecule has 20 heavy (non-hydrogen) atoms. The van der Waals surface area contributed by atoms with Crippen LogP contribution in [-0.4, -0.2) is 17.2 Å². The van der Waals surface area contributed by atoms with Gasteiger partial charge in [-0.15, -0.1) is 0 Å². The highest BCUT2D eigenvalue weighted by atomic mass is 79.9. The number of benzene rings is 1. The van der Waals surface area contributed by atoms with Gasteiger partial charge in [0.25, 0.3) is 0 Å². The van der Waals surface area contributed by atoms with Crippen LogP contribution < -0.4 is 9.47 Å². The number of nitrogens with zero attached hydrogens (tertiary/aromatic N) is 1. The van der Waals surface area contributed by atoms with Gasteiger partial charge in [0.05, 0.1) is 22.7 Å². The molecule has 0 unspecified atom stereocenters. The van der Waals surface area contributed by atoms with Crippen molar-refractivity contribution < 1.29 is 14.6 Å². The summed E-state index contributed by atoms with van der Waals surface area (Å²) >= 11 is 12.8. The Hall–Kier alpha value is -0.820. The lowest BCUT2D eigenvalue weighted by Crippen LogP contribution is -1.94. The average Bonchev–Trinajstić information content (AvgIpc) is 2.44. The minimum atomic E-state index is -0.120. The largest absolute Gasteiger partial charge is 0.496 e. The molecule has 0 fully saturated rings. The van der Waals surface area contributed by atoms with Crippen molar-refractivity contribution in [3.05, 3.63) is 43.9 Å². The highest BCUT2D eigenvalue weighted by Gasteiger charge is 2.12. The summed E-state index contributed by atoms with van der Waals surface area (Å²) in [6, 6.07) is 5.13. The van der Waals surface area contributed by atoms with Crippen LogP contribution in [0.2, 0.25) is 5.02 Å². The average molecular weight is 423 g/mol. The number of aliphatic hydroxyl groups is 1. The zero-order chi connectivity index (χ0) is 14.7. The number of rotatable bonds is 4. The van der Waals surface area contributed by atoms with Gasteiger partial charge in [-0.05, 0) is 55.6 Å². The van der Waals surface area contributed by atoms with Crippen LogP contribution >= 0.6 is 43.5 Å². The highest BCUT2D eigenvalue weighted by Crippen LogP contribution is 2.39. The van der Waals surface area contributed by atoms with Crippen LogP contribution in [-0.2, 0) is 6.61 Å². The van der Waals surface area contributed by atoms with Gasteiger partial charge in [0, 0.05) is 6.20 Å². The SMILES string of the molecule is COc1cc(Br)c(Oc2ncc(CO)cc2Cl)cc1Br. The van der Waals surface area contributed by atoms with E-state index in [1.165, 1.54) is 6.20 Å². The quantitative estimate of drug-likeness (QED) is 0.784. The number of aromatic nitrogens is 1. The molecule has 0 bridgehead atoms. The van der Waals surface area contributed by atoms with E-state index in [9.17, 15) is 0 Å². The zero-order valence-electron chi connectivity index (χ0n) is 10.4. The second-order valence-electron chi connectivity index (χ2n) is 3.81. The molecule has 1 aromatic carbocycles. The van der Waals surface area contributed by atoms with E-state index in [2.05, 4.69) is 36.8 Å². The molecule has 0 atom stereocenters. The Morgan fingerprint density at radius 1 is 1.20 bits per heavy atom. The topological polar surface area (TPSA) is 51.6 Å². The van der Waals surface area contributed by atoms with Gasteiger partial charge in [0.2, 0.25) is 5.88 Å². The number of hydrogen-bond acceptors (Lipinski definition) is 4. The first-order valence-corrected chi connectivity index (χ1v) is 7.47. The maximum absolute atomic E-state index is 9.01. The molecule has 2 rings (SSSR count). The molecule has 7 heteroatoms. The summed E-state index contributed by atoms with van der Waals surface area (Å²) in [5.74, 6) is 1.49. The van der Waals surface area contributed by atoms with Crippen LogP contribution in [0.15, 0.2) is 33.3 Å². The first kappa shape index (κ1) is 15.6. The Morgan fingerprint density at radius 3 is 2.45 bits per heavy atom. The van der Waals surface area contributed by atoms with Crippen molar-refractivity contribution in [1.29, 1.82) is 0 Å². The van der Waals surface area contributed by atoms with Gasteiger partial charge in [0.15, 0.2) is 0 Å². The highest BCUT2D eigenvalue weighted by molar-refractivity contribution is 9.11. The summed E-state index contributed by atoms with van der Waals surface area (Å²) < 4.78 is 12.3. The summed E-state index contributed by atoms with van der Waals surface area (Å²) in [6.45, 7) is -0.120. The zero-order valence-corrected chi connectivity index (χ0v) is 14.3. The van der Waals surface area contributed by atoms with Crippen molar-refractivity contribution in [3.63, 3.8) is 0 Å². The predicted octanol–water partition coefficient (Wildman–Crippen LogP) is 4.55. The Morgan fingerprint density at radius 2 is 1.85 bits per heavy atom. The third kappa shape index (κ3) is 3.44. The van der Waals surface area contributed by atoms with Gasteiger partial charge in [-0.1, -0.05) is 11.6 Å². The first-order valence-electron chi connectivity index (χ1n) is 5.51. The number of pyridine rings is 1. The normalized spacial score (nSPS) is 10.4. The van der Waals surface area contributed by atoms with E-state index >= 15 is 0 Å². The molecule has 0 amide bonds. The first-order chi connectivity index (χ1) is 9.55. The van der Waals surface area contributed by atoms with E-state index in [0.717, 1.165) is 4.47 Å². The van der Waals surface area contributed by atoms with Gasteiger partial charge < -0.3 is 14.6 Å². The van der Waals surface area contributed by atoms with Crippen molar-refractivity contribution in [3.8, 4) is 17.4 Å². The Balaban J connectivity index is 2.32. The second-order valence-corrected chi connectivity index (χ2v) is 5.92. The molecule has 1 N–H and O–H groups in total. The van der Waals surface area contributed by atoms with Crippen LogP contribution in [0.5, 0.6) is 17.4 Å². The minimum absolute atomic E-state index is 0.120. The van der Waals surface area contributed by atoms with Crippen molar-refractivity contribution in [2.75, 3.05) is 7.11 Å². The molecular weight excluding hydrogens is 413 g/mol. The molecule has 2 aromatic rings. The van der Waals surface area contributed by atoms with Crippen LogP contribution in [0.3, 0.4) is 0 Å². The Kier molecular flexibility index (Phi) is 5.26. The second kappa shape index (κ2) is 6.76. The van der Waals surface area contributed by atoms with E-state index in [-0.39, 0.29) is 12.5 Å². The predicted molar refractivity (Wildman–Crippen MR) is 83.6 cm³/mol. The molecule has 0 aliphatic heterocycles. The lowest BCUT2D eigenvalue weighted by atomic mass is 10.3. The maximum Gasteiger partial charge on any atom is 0.238 e. The number of ether oxygens (including phenoxy) is 2. The van der Waals surface area contributed by atoms with Gasteiger partial charge in [-0.2, -0.15) is 0 Å². The van der Waals surface area contributed by atoms with Crippen molar-refractivity contribution in [1.82, 2.24) is 4.98 Å². The minimum Gasteiger partial charge on any atom is -0.496 e. The Bertz CT molecular complexity index is 637. The summed E-state index contributed by atoms with van der Waals surface area (Å²) in [5, 5.41) is 9.34. The molecule has 0 saturated heterocycles. The molecular formula is C13H10Br2ClNO3. The molecule has 4 nitrogen and oxygen atoms in total. The molecule has 106 valence electrons. The maximum atomic E-state index is 9.01. The molecule has 0 radical (unpaired) electrons. The standard InChI is InChI=1S/C13H10Br2ClNO3/c1-19-11-3-9(15)12(4-8(11)14)20-13-10(16)2-7(6-18)5-17-13/h2-5,18H,6H2,1H3. The molecule has 1 heterocycles. The van der Waals surface area contributed by atoms with Crippen LogP contribution in [0.1, 0.15) is 5.56 Å². The fourth-order valence-corrected chi connectivity index (χ4v) is 2.59. The van der Waals surface area contributed by atoms with E-state index in [0.29, 0.717) is 26.6 Å². The molecule has 0 saturated carbocycles. The fraction of sp³-hybridized carbons (Fsp3) is 0.154. The smallest absolute Gasteiger partial charge is 0.238 e. The van der Waals surface area contributed by atoms with E-state index in [1.54, 1.807) is 25.3 Å². The third-order valence-electron chi connectivity index (χ3n) is 2.46. The fourth-order valence-electron chi connectivity index (χ4n) is 1.48. The van der Waals surface area contributed by atoms with E-state index in [1.807, 2.05) is 0 Å². The summed E-state index contributed by atoms with van der Waals surface area (Å²) in [4.78, 5) is 4.08. The number of hydrogen-bond donors (Lipinski definition) is 1. The lowest BCUT2D eigenvalue weighted by Gasteiger charge is -2.11. The monoisotopic (exact) mass is 421 g/mol. The molecule has 0 spiro atoms. The van der Waals surface area contributed by atoms with Crippen LogP contribution in [0.4, 0.5) is 0 Å². The molecule has 1 aromatic heterocycles. The third-order valence-corrected chi connectivity index (χ3v) is 3.97. The van der Waals surface area contributed by atoms with Crippen LogP contribution in [0, 0.1) is 0 Å².